The largest absolute Gasteiger partial charge is 0.480 e. The summed E-state index contributed by atoms with van der Waals surface area (Å²) in [6, 6.07) is -0.842. The molecule has 1 aliphatic carbocycles. The number of aliphatic hydroxyl groups is 1. The molecular weight excluding hydrogens is 270 g/mol. The SMILES string of the molecule is CCCCC1CCC(C(=O)N2C[C@@H](O)C[C@H]2C(=O)O)CC1. The van der Waals surface area contributed by atoms with Crippen LogP contribution in [0.4, 0.5) is 0 Å². The predicted octanol–water partition coefficient (Wildman–Crippen LogP) is 2.03. The van der Waals surface area contributed by atoms with Gasteiger partial charge < -0.3 is 15.1 Å². The summed E-state index contributed by atoms with van der Waals surface area (Å²) in [5.41, 5.74) is 0. The molecule has 1 saturated heterocycles. The molecule has 0 aromatic rings. The molecule has 2 fully saturated rings. The molecule has 1 heterocycles. The van der Waals surface area contributed by atoms with Crippen LogP contribution in [0.3, 0.4) is 0 Å². The molecule has 0 spiro atoms. The van der Waals surface area contributed by atoms with E-state index in [1.165, 1.54) is 24.2 Å². The zero-order chi connectivity index (χ0) is 15.4. The Morgan fingerprint density at radius 2 is 1.86 bits per heavy atom. The molecule has 21 heavy (non-hydrogen) atoms. The number of carboxylic acid groups (broad SMARTS) is 1. The summed E-state index contributed by atoms with van der Waals surface area (Å²) in [5.74, 6) is -0.382. The normalized spacial score (nSPS) is 33.1. The first-order valence-corrected chi connectivity index (χ1v) is 8.24. The van der Waals surface area contributed by atoms with Gasteiger partial charge in [-0.15, -0.1) is 0 Å². The minimum absolute atomic E-state index is 0.0463. The predicted molar refractivity (Wildman–Crippen MR) is 78.7 cm³/mol. The summed E-state index contributed by atoms with van der Waals surface area (Å²) in [6.07, 6.45) is 7.06. The zero-order valence-corrected chi connectivity index (χ0v) is 12.8. The van der Waals surface area contributed by atoms with Crippen molar-refractivity contribution >= 4 is 11.9 Å². The second kappa shape index (κ2) is 7.25. The van der Waals surface area contributed by atoms with E-state index in [4.69, 9.17) is 0 Å². The van der Waals surface area contributed by atoms with Crippen molar-refractivity contribution in [3.05, 3.63) is 0 Å². The van der Waals surface area contributed by atoms with Crippen molar-refractivity contribution in [2.24, 2.45) is 11.8 Å². The van der Waals surface area contributed by atoms with E-state index in [0.29, 0.717) is 0 Å². The molecule has 2 rings (SSSR count). The monoisotopic (exact) mass is 297 g/mol. The van der Waals surface area contributed by atoms with E-state index in [0.717, 1.165) is 31.6 Å². The zero-order valence-electron chi connectivity index (χ0n) is 12.8. The van der Waals surface area contributed by atoms with Crippen LogP contribution in [0, 0.1) is 11.8 Å². The quantitative estimate of drug-likeness (QED) is 0.814. The number of carbonyl (C=O) groups is 2. The first-order valence-electron chi connectivity index (χ1n) is 8.24. The van der Waals surface area contributed by atoms with Crippen molar-refractivity contribution in [3.8, 4) is 0 Å². The van der Waals surface area contributed by atoms with E-state index >= 15 is 0 Å². The maximum Gasteiger partial charge on any atom is 0.326 e. The first kappa shape index (κ1) is 16.3. The third kappa shape index (κ3) is 3.96. The maximum atomic E-state index is 12.5. The second-order valence-corrected chi connectivity index (χ2v) is 6.59. The number of carbonyl (C=O) groups excluding carboxylic acids is 1. The lowest BCUT2D eigenvalue weighted by Gasteiger charge is -2.32. The van der Waals surface area contributed by atoms with Gasteiger partial charge in [-0.2, -0.15) is 0 Å². The summed E-state index contributed by atoms with van der Waals surface area (Å²) >= 11 is 0. The molecule has 1 amide bonds. The van der Waals surface area contributed by atoms with Gasteiger partial charge in [0, 0.05) is 18.9 Å². The van der Waals surface area contributed by atoms with E-state index in [9.17, 15) is 19.8 Å². The van der Waals surface area contributed by atoms with Crippen LogP contribution in [0.5, 0.6) is 0 Å². The molecule has 2 aliphatic rings. The van der Waals surface area contributed by atoms with Crippen LogP contribution < -0.4 is 0 Å². The van der Waals surface area contributed by atoms with Crippen molar-refractivity contribution in [2.45, 2.75) is 70.4 Å². The molecule has 0 bridgehead atoms. The Morgan fingerprint density at radius 3 is 2.43 bits per heavy atom. The van der Waals surface area contributed by atoms with Gasteiger partial charge in [0.15, 0.2) is 0 Å². The summed E-state index contributed by atoms with van der Waals surface area (Å²) in [5, 5.41) is 18.8. The Kier molecular flexibility index (Phi) is 5.62. The minimum Gasteiger partial charge on any atom is -0.480 e. The number of hydrogen-bond acceptors (Lipinski definition) is 3. The third-order valence-electron chi connectivity index (χ3n) is 5.01. The summed E-state index contributed by atoms with van der Waals surface area (Å²) in [4.78, 5) is 25.1. The average Bonchev–Trinajstić information content (AvgIpc) is 2.87. The molecule has 0 aromatic heterocycles. The molecule has 120 valence electrons. The lowest BCUT2D eigenvalue weighted by molar-refractivity contribution is -0.150. The number of hydrogen-bond donors (Lipinski definition) is 2. The van der Waals surface area contributed by atoms with Crippen molar-refractivity contribution in [1.82, 2.24) is 4.90 Å². The van der Waals surface area contributed by atoms with Gasteiger partial charge in [-0.25, -0.2) is 4.79 Å². The first-order chi connectivity index (χ1) is 10.0. The van der Waals surface area contributed by atoms with Gasteiger partial charge in [-0.1, -0.05) is 26.2 Å². The number of amides is 1. The molecule has 0 radical (unpaired) electrons. The molecular formula is C16H27NO4. The highest BCUT2D eigenvalue weighted by atomic mass is 16.4. The van der Waals surface area contributed by atoms with Crippen LogP contribution in [0.15, 0.2) is 0 Å². The highest BCUT2D eigenvalue weighted by molar-refractivity contribution is 5.85. The van der Waals surface area contributed by atoms with E-state index in [1.807, 2.05) is 0 Å². The molecule has 2 N–H and O–H groups in total. The number of likely N-dealkylation sites (tertiary alicyclic amines) is 1. The molecule has 5 heteroatoms. The highest BCUT2D eigenvalue weighted by Gasteiger charge is 2.41. The second-order valence-electron chi connectivity index (χ2n) is 6.59. The Hall–Kier alpha value is -1.10. The number of rotatable bonds is 5. The topological polar surface area (TPSA) is 77.8 Å². The van der Waals surface area contributed by atoms with E-state index < -0.39 is 18.1 Å². The van der Waals surface area contributed by atoms with Crippen molar-refractivity contribution in [1.29, 1.82) is 0 Å². The summed E-state index contributed by atoms with van der Waals surface area (Å²) in [6.45, 7) is 2.37. The van der Waals surface area contributed by atoms with Crippen LogP contribution in [0.25, 0.3) is 0 Å². The van der Waals surface area contributed by atoms with Crippen LogP contribution in [-0.2, 0) is 9.59 Å². The summed E-state index contributed by atoms with van der Waals surface area (Å²) < 4.78 is 0. The lowest BCUT2D eigenvalue weighted by atomic mass is 9.79. The van der Waals surface area contributed by atoms with Crippen molar-refractivity contribution in [3.63, 3.8) is 0 Å². The Labute approximate surface area is 126 Å². The highest BCUT2D eigenvalue weighted by Crippen LogP contribution is 2.34. The van der Waals surface area contributed by atoms with Gasteiger partial charge >= 0.3 is 5.97 Å². The molecule has 1 saturated carbocycles. The number of β-amino-alcohol motifs (C(OH)–C–C–N with tert-alkyl or cyclic N) is 1. The van der Waals surface area contributed by atoms with Crippen molar-refractivity contribution in [2.75, 3.05) is 6.54 Å². The number of aliphatic carboxylic acids is 1. The maximum absolute atomic E-state index is 12.5. The van der Waals surface area contributed by atoms with Gasteiger partial charge in [0.2, 0.25) is 5.91 Å². The molecule has 0 unspecified atom stereocenters. The fourth-order valence-corrected chi connectivity index (χ4v) is 3.72. The fraction of sp³-hybridized carbons (Fsp3) is 0.875. The van der Waals surface area contributed by atoms with Gasteiger partial charge in [-0.3, -0.25) is 4.79 Å². The van der Waals surface area contributed by atoms with Gasteiger partial charge in [0.25, 0.3) is 0 Å². The summed E-state index contributed by atoms with van der Waals surface area (Å²) in [7, 11) is 0. The Bertz CT molecular complexity index is 376. The van der Waals surface area contributed by atoms with E-state index in [-0.39, 0.29) is 24.8 Å². The molecule has 0 aromatic carbocycles. The van der Waals surface area contributed by atoms with Crippen LogP contribution >= 0.6 is 0 Å². The minimum atomic E-state index is -1.00. The number of aliphatic hydroxyl groups excluding tert-OH is 1. The smallest absolute Gasteiger partial charge is 0.326 e. The number of unbranched alkanes of at least 4 members (excludes halogenated alkanes) is 1. The third-order valence-corrected chi connectivity index (χ3v) is 5.01. The Morgan fingerprint density at radius 1 is 1.19 bits per heavy atom. The van der Waals surface area contributed by atoms with Gasteiger partial charge in [0.05, 0.1) is 6.10 Å². The van der Waals surface area contributed by atoms with Crippen LogP contribution in [0.2, 0.25) is 0 Å². The van der Waals surface area contributed by atoms with Gasteiger partial charge in [0.1, 0.15) is 6.04 Å². The van der Waals surface area contributed by atoms with Crippen LogP contribution in [0.1, 0.15) is 58.3 Å². The fourth-order valence-electron chi connectivity index (χ4n) is 3.72. The van der Waals surface area contributed by atoms with E-state index in [1.54, 1.807) is 0 Å². The van der Waals surface area contributed by atoms with Crippen molar-refractivity contribution < 1.29 is 19.8 Å². The lowest BCUT2D eigenvalue weighted by Crippen LogP contribution is -2.44. The number of carboxylic acids is 1. The Balaban J connectivity index is 1.88. The van der Waals surface area contributed by atoms with Crippen LogP contribution in [-0.4, -0.2) is 45.7 Å². The molecule has 2 atom stereocenters. The van der Waals surface area contributed by atoms with Gasteiger partial charge in [-0.05, 0) is 31.6 Å². The molecule has 1 aliphatic heterocycles. The van der Waals surface area contributed by atoms with E-state index in [2.05, 4.69) is 6.92 Å². The average molecular weight is 297 g/mol. The standard InChI is InChI=1S/C16H27NO4/c1-2-3-4-11-5-7-12(8-6-11)15(19)17-10-13(18)9-14(17)16(20)21/h11-14,18H,2-10H2,1H3,(H,20,21)/t11?,12?,13-,14-/m0/s1. The molecule has 5 nitrogen and oxygen atoms in total. The number of nitrogens with zero attached hydrogens (tertiary/aromatic N) is 1.